The molecule has 0 aromatic rings. The predicted octanol–water partition coefficient (Wildman–Crippen LogP) is -0.755. The van der Waals surface area contributed by atoms with E-state index >= 15 is 0 Å². The van der Waals surface area contributed by atoms with Crippen LogP contribution in [0.5, 0.6) is 0 Å². The van der Waals surface area contributed by atoms with Crippen molar-refractivity contribution in [2.45, 2.75) is 25.7 Å². The largest absolute Gasteiger partial charge is 0.341 e. The first-order valence-corrected chi connectivity index (χ1v) is 6.00. The van der Waals surface area contributed by atoms with E-state index < -0.39 is 23.7 Å². The highest BCUT2D eigenvalue weighted by molar-refractivity contribution is 6.12. The second-order valence-corrected chi connectivity index (χ2v) is 3.97. The molecule has 0 atom stereocenters. The number of nitrogens with one attached hydrogen (secondary N) is 1. The number of carbonyl (C=O) groups excluding carboxylic acids is 5. The Kier molecular flexibility index (Phi) is 6.08. The van der Waals surface area contributed by atoms with Crippen LogP contribution in [0.3, 0.4) is 0 Å². The zero-order valence-electron chi connectivity index (χ0n) is 10.7. The average Bonchev–Trinajstić information content (AvgIpc) is 2.74. The van der Waals surface area contributed by atoms with Crippen LogP contribution in [0.1, 0.15) is 25.7 Å². The SMILES string of the molecule is O=CCCC(=O)NOC(=O)CCCN1C(=O)C=CC1=O. The lowest BCUT2D eigenvalue weighted by atomic mass is 10.3. The van der Waals surface area contributed by atoms with Crippen LogP contribution in [0.4, 0.5) is 0 Å². The number of hydrogen-bond acceptors (Lipinski definition) is 6. The van der Waals surface area contributed by atoms with Gasteiger partial charge in [-0.25, -0.2) is 4.79 Å². The van der Waals surface area contributed by atoms with E-state index in [1.54, 1.807) is 0 Å². The summed E-state index contributed by atoms with van der Waals surface area (Å²) in [4.78, 5) is 60.1. The summed E-state index contributed by atoms with van der Waals surface area (Å²) >= 11 is 0. The van der Waals surface area contributed by atoms with Crippen molar-refractivity contribution in [3.05, 3.63) is 12.2 Å². The Hall–Kier alpha value is -2.51. The number of rotatable bonds is 7. The molecule has 0 aromatic carbocycles. The summed E-state index contributed by atoms with van der Waals surface area (Å²) in [5.41, 5.74) is 1.91. The van der Waals surface area contributed by atoms with Crippen LogP contribution < -0.4 is 5.48 Å². The van der Waals surface area contributed by atoms with Crippen molar-refractivity contribution in [1.29, 1.82) is 0 Å². The molecule has 108 valence electrons. The van der Waals surface area contributed by atoms with Crippen molar-refractivity contribution in [3.63, 3.8) is 0 Å². The van der Waals surface area contributed by atoms with Gasteiger partial charge in [0.25, 0.3) is 17.7 Å². The Morgan fingerprint density at radius 1 is 1.20 bits per heavy atom. The highest BCUT2D eigenvalue weighted by Crippen LogP contribution is 2.05. The van der Waals surface area contributed by atoms with Gasteiger partial charge in [0.05, 0.1) is 0 Å². The number of amides is 3. The summed E-state index contributed by atoms with van der Waals surface area (Å²) in [7, 11) is 0. The lowest BCUT2D eigenvalue weighted by Gasteiger charge is -2.12. The molecule has 8 nitrogen and oxygen atoms in total. The molecule has 0 spiro atoms. The fourth-order valence-corrected chi connectivity index (χ4v) is 1.44. The first-order valence-electron chi connectivity index (χ1n) is 6.00. The predicted molar refractivity (Wildman–Crippen MR) is 64.6 cm³/mol. The Labute approximate surface area is 114 Å². The van der Waals surface area contributed by atoms with Crippen molar-refractivity contribution in [1.82, 2.24) is 10.4 Å². The zero-order chi connectivity index (χ0) is 15.0. The van der Waals surface area contributed by atoms with Crippen LogP contribution in [-0.2, 0) is 28.8 Å². The molecule has 1 aliphatic rings. The van der Waals surface area contributed by atoms with E-state index in [1.807, 2.05) is 5.48 Å². The van der Waals surface area contributed by atoms with Crippen molar-refractivity contribution in [2.24, 2.45) is 0 Å². The summed E-state index contributed by atoms with van der Waals surface area (Å²) < 4.78 is 0. The Balaban J connectivity index is 2.14. The highest BCUT2D eigenvalue weighted by Gasteiger charge is 2.22. The Morgan fingerprint density at radius 2 is 1.85 bits per heavy atom. The molecule has 0 saturated heterocycles. The molecule has 1 aliphatic heterocycles. The third-order valence-corrected chi connectivity index (χ3v) is 2.43. The van der Waals surface area contributed by atoms with Gasteiger partial charge < -0.3 is 9.63 Å². The van der Waals surface area contributed by atoms with Gasteiger partial charge in [0, 0.05) is 38.0 Å². The van der Waals surface area contributed by atoms with Gasteiger partial charge in [-0.2, -0.15) is 5.48 Å². The smallest absolute Gasteiger partial charge is 0.332 e. The van der Waals surface area contributed by atoms with Gasteiger partial charge in [0.2, 0.25) is 0 Å². The summed E-state index contributed by atoms with van der Waals surface area (Å²) in [5.74, 6) is -2.08. The molecule has 0 aliphatic carbocycles. The number of aldehydes is 1. The second kappa shape index (κ2) is 7.82. The Morgan fingerprint density at radius 3 is 2.45 bits per heavy atom. The third kappa shape index (κ3) is 5.01. The van der Waals surface area contributed by atoms with Crippen molar-refractivity contribution in [2.75, 3.05) is 6.54 Å². The maximum absolute atomic E-state index is 11.2. The van der Waals surface area contributed by atoms with Gasteiger partial charge in [-0.05, 0) is 6.42 Å². The molecule has 20 heavy (non-hydrogen) atoms. The molecule has 0 unspecified atom stereocenters. The van der Waals surface area contributed by atoms with Crippen molar-refractivity contribution >= 4 is 30.0 Å². The van der Waals surface area contributed by atoms with E-state index in [9.17, 15) is 24.0 Å². The fraction of sp³-hybridized carbons (Fsp3) is 0.417. The normalized spacial score (nSPS) is 13.5. The maximum atomic E-state index is 11.2. The number of imide groups is 1. The molecule has 1 N–H and O–H groups in total. The van der Waals surface area contributed by atoms with E-state index in [2.05, 4.69) is 4.84 Å². The lowest BCUT2D eigenvalue weighted by molar-refractivity contribution is -0.158. The molecular formula is C12H14N2O6. The summed E-state index contributed by atoms with van der Waals surface area (Å²) in [6.07, 6.45) is 3.09. The van der Waals surface area contributed by atoms with Gasteiger partial charge >= 0.3 is 5.97 Å². The average molecular weight is 282 g/mol. The highest BCUT2D eigenvalue weighted by atomic mass is 16.7. The summed E-state index contributed by atoms with van der Waals surface area (Å²) in [6, 6.07) is 0. The fourth-order valence-electron chi connectivity index (χ4n) is 1.44. The van der Waals surface area contributed by atoms with Crippen molar-refractivity contribution < 1.29 is 28.8 Å². The quantitative estimate of drug-likeness (QED) is 0.373. The minimum absolute atomic E-state index is 0.0506. The minimum atomic E-state index is -0.684. The van der Waals surface area contributed by atoms with Crippen molar-refractivity contribution in [3.8, 4) is 0 Å². The number of hydrogen-bond donors (Lipinski definition) is 1. The molecule has 3 amide bonds. The van der Waals surface area contributed by atoms with Crippen LogP contribution in [0.25, 0.3) is 0 Å². The van der Waals surface area contributed by atoms with Gasteiger partial charge in [-0.1, -0.05) is 0 Å². The van der Waals surface area contributed by atoms with E-state index in [-0.39, 0.29) is 32.2 Å². The van der Waals surface area contributed by atoms with Crippen LogP contribution in [0, 0.1) is 0 Å². The maximum Gasteiger partial charge on any atom is 0.332 e. The molecule has 0 fully saturated rings. The molecular weight excluding hydrogens is 268 g/mol. The van der Waals surface area contributed by atoms with Crippen LogP contribution in [0.2, 0.25) is 0 Å². The van der Waals surface area contributed by atoms with E-state index in [0.29, 0.717) is 6.29 Å². The van der Waals surface area contributed by atoms with Crippen LogP contribution >= 0.6 is 0 Å². The third-order valence-electron chi connectivity index (χ3n) is 2.43. The van der Waals surface area contributed by atoms with Gasteiger partial charge in [-0.15, -0.1) is 0 Å². The molecule has 8 heteroatoms. The van der Waals surface area contributed by atoms with Crippen LogP contribution in [0.15, 0.2) is 12.2 Å². The molecule has 1 heterocycles. The molecule has 0 aromatic heterocycles. The summed E-state index contributed by atoms with van der Waals surface area (Å²) in [5, 5.41) is 0. The Bertz CT molecular complexity index is 439. The molecule has 1 rings (SSSR count). The van der Waals surface area contributed by atoms with Crippen LogP contribution in [-0.4, -0.2) is 41.4 Å². The summed E-state index contributed by atoms with van der Waals surface area (Å²) in [6.45, 7) is 0.110. The standard InChI is InChI=1S/C12H14N2O6/c15-8-2-3-9(16)13-20-12(19)4-1-7-14-10(17)5-6-11(14)18/h5-6,8H,1-4,7H2,(H,13,16). The number of hydroxylamine groups is 1. The monoisotopic (exact) mass is 282 g/mol. The minimum Gasteiger partial charge on any atom is -0.341 e. The zero-order valence-corrected chi connectivity index (χ0v) is 10.7. The lowest BCUT2D eigenvalue weighted by Crippen LogP contribution is -2.32. The number of carbonyl (C=O) groups is 5. The first-order chi connectivity index (χ1) is 9.54. The van der Waals surface area contributed by atoms with Gasteiger partial charge in [0.1, 0.15) is 6.29 Å². The first kappa shape index (κ1) is 15.5. The van der Waals surface area contributed by atoms with E-state index in [4.69, 9.17) is 0 Å². The second-order valence-electron chi connectivity index (χ2n) is 3.97. The van der Waals surface area contributed by atoms with Gasteiger partial charge in [-0.3, -0.25) is 19.3 Å². The topological polar surface area (TPSA) is 110 Å². The van der Waals surface area contributed by atoms with Gasteiger partial charge in [0.15, 0.2) is 0 Å². The molecule has 0 radical (unpaired) electrons. The molecule has 0 saturated carbocycles. The van der Waals surface area contributed by atoms with E-state index in [1.165, 1.54) is 0 Å². The number of nitrogens with zero attached hydrogens (tertiary/aromatic N) is 1. The van der Waals surface area contributed by atoms with E-state index in [0.717, 1.165) is 17.1 Å². The molecule has 0 bridgehead atoms.